The van der Waals surface area contributed by atoms with Gasteiger partial charge in [0.25, 0.3) is 0 Å². The van der Waals surface area contributed by atoms with Crippen LogP contribution in [0.4, 0.5) is 4.79 Å². The summed E-state index contributed by atoms with van der Waals surface area (Å²) in [6.07, 6.45) is 2.09. The maximum Gasteiger partial charge on any atom is 0.327 e. The van der Waals surface area contributed by atoms with E-state index in [9.17, 15) is 14.7 Å². The van der Waals surface area contributed by atoms with E-state index in [4.69, 9.17) is 0 Å². The minimum atomic E-state index is -0.963. The van der Waals surface area contributed by atoms with Crippen LogP contribution in [0.25, 0.3) is 0 Å². The molecule has 0 aliphatic carbocycles. The Morgan fingerprint density at radius 3 is 2.95 bits per heavy atom. The molecule has 2 N–H and O–H groups in total. The highest BCUT2D eigenvalue weighted by molar-refractivity contribution is 8.00. The largest absolute Gasteiger partial charge is 0.480 e. The third kappa shape index (κ3) is 2.87. The molecule has 2 atom stereocenters. The first kappa shape index (κ1) is 14.6. The Morgan fingerprint density at radius 2 is 2.40 bits per heavy atom. The van der Waals surface area contributed by atoms with Gasteiger partial charge in [-0.2, -0.15) is 5.10 Å². The Balaban J connectivity index is 2.10. The van der Waals surface area contributed by atoms with Gasteiger partial charge in [-0.3, -0.25) is 10.00 Å². The molecular formula is C11H17N5O3S. The van der Waals surface area contributed by atoms with E-state index in [0.29, 0.717) is 11.6 Å². The topological polar surface area (TPSA) is 102 Å². The third-order valence-corrected chi connectivity index (χ3v) is 4.58. The summed E-state index contributed by atoms with van der Waals surface area (Å²) in [5, 5.41) is 15.5. The fraction of sp³-hybridized carbons (Fsp3) is 0.636. The number of nitrogens with zero attached hydrogens (tertiary/aromatic N) is 4. The second-order valence-corrected chi connectivity index (χ2v) is 5.74. The van der Waals surface area contributed by atoms with E-state index in [-0.39, 0.29) is 17.9 Å². The molecule has 1 saturated heterocycles. The molecule has 2 heterocycles. The Bertz CT molecular complexity index is 480. The number of carboxylic acid groups (broad SMARTS) is 1. The highest BCUT2D eigenvalue weighted by Gasteiger charge is 2.41. The van der Waals surface area contributed by atoms with Gasteiger partial charge in [-0.25, -0.2) is 14.6 Å². The molecule has 1 aliphatic rings. The minimum Gasteiger partial charge on any atom is -0.480 e. The second-order valence-electron chi connectivity index (χ2n) is 4.53. The SMILES string of the molecule is CCC1SCC(C(=O)O)N1C(=O)N(C)Cc1ncn[nH]1. The third-order valence-electron chi connectivity index (χ3n) is 3.13. The van der Waals surface area contributed by atoms with Crippen molar-refractivity contribution in [2.24, 2.45) is 0 Å². The lowest BCUT2D eigenvalue weighted by Crippen LogP contribution is -2.50. The van der Waals surface area contributed by atoms with E-state index >= 15 is 0 Å². The van der Waals surface area contributed by atoms with Gasteiger partial charge in [-0.15, -0.1) is 11.8 Å². The standard InChI is InChI=1S/C11H17N5O3S/c1-3-9-16(7(5-20-9)10(17)18)11(19)15(2)4-8-12-6-13-14-8/h6-7,9H,3-5H2,1-2H3,(H,17,18)(H,12,13,14). The summed E-state index contributed by atoms with van der Waals surface area (Å²) in [6, 6.07) is -1.07. The number of hydrogen-bond donors (Lipinski definition) is 2. The highest BCUT2D eigenvalue weighted by Crippen LogP contribution is 2.32. The number of hydrogen-bond acceptors (Lipinski definition) is 5. The maximum atomic E-state index is 12.5. The second kappa shape index (κ2) is 6.12. The van der Waals surface area contributed by atoms with Crippen LogP contribution in [-0.2, 0) is 11.3 Å². The maximum absolute atomic E-state index is 12.5. The molecule has 2 rings (SSSR count). The van der Waals surface area contributed by atoms with E-state index in [1.54, 1.807) is 7.05 Å². The molecule has 0 saturated carbocycles. The Labute approximate surface area is 120 Å². The molecule has 9 heteroatoms. The monoisotopic (exact) mass is 299 g/mol. The summed E-state index contributed by atoms with van der Waals surface area (Å²) in [6.45, 7) is 2.21. The molecule has 8 nitrogen and oxygen atoms in total. The van der Waals surface area contributed by atoms with Crippen molar-refractivity contribution in [3.05, 3.63) is 12.2 Å². The molecular weight excluding hydrogens is 282 g/mol. The number of rotatable bonds is 4. The zero-order valence-electron chi connectivity index (χ0n) is 11.3. The zero-order valence-corrected chi connectivity index (χ0v) is 12.1. The van der Waals surface area contributed by atoms with Crippen LogP contribution in [0, 0.1) is 0 Å². The summed E-state index contributed by atoms with van der Waals surface area (Å²) in [7, 11) is 1.62. The number of aliphatic carboxylic acids is 1. The summed E-state index contributed by atoms with van der Waals surface area (Å²) >= 11 is 1.50. The van der Waals surface area contributed by atoms with Gasteiger partial charge in [0.1, 0.15) is 18.2 Å². The first-order valence-corrected chi connectivity index (χ1v) is 7.31. The van der Waals surface area contributed by atoms with Gasteiger partial charge < -0.3 is 10.0 Å². The predicted octanol–water partition coefficient (Wildman–Crippen LogP) is 0.595. The number of nitrogens with one attached hydrogen (secondary N) is 1. The number of carbonyl (C=O) groups excluding carboxylic acids is 1. The molecule has 1 aromatic heterocycles. The van der Waals surface area contributed by atoms with Crippen LogP contribution in [-0.4, -0.2) is 66.3 Å². The molecule has 0 spiro atoms. The van der Waals surface area contributed by atoms with Crippen LogP contribution in [0.5, 0.6) is 0 Å². The molecule has 20 heavy (non-hydrogen) atoms. The van der Waals surface area contributed by atoms with Gasteiger partial charge in [0.15, 0.2) is 0 Å². The molecule has 2 unspecified atom stereocenters. The summed E-state index contributed by atoms with van der Waals surface area (Å²) < 4.78 is 0. The first-order valence-electron chi connectivity index (χ1n) is 6.26. The summed E-state index contributed by atoms with van der Waals surface area (Å²) in [5.41, 5.74) is 0. The van der Waals surface area contributed by atoms with E-state index in [1.807, 2.05) is 6.92 Å². The Kier molecular flexibility index (Phi) is 4.48. The fourth-order valence-corrected chi connectivity index (χ4v) is 3.46. The lowest BCUT2D eigenvalue weighted by Gasteiger charge is -2.30. The number of thioether (sulfide) groups is 1. The molecule has 0 bridgehead atoms. The van der Waals surface area contributed by atoms with E-state index in [2.05, 4.69) is 15.2 Å². The van der Waals surface area contributed by atoms with Crippen LogP contribution in [0.15, 0.2) is 6.33 Å². The van der Waals surface area contributed by atoms with Gasteiger partial charge in [0, 0.05) is 12.8 Å². The normalized spacial score (nSPS) is 22.0. The number of aromatic nitrogens is 3. The van der Waals surface area contributed by atoms with Crippen molar-refractivity contribution in [3.8, 4) is 0 Å². The van der Waals surface area contributed by atoms with E-state index in [0.717, 1.165) is 6.42 Å². The Morgan fingerprint density at radius 1 is 1.65 bits per heavy atom. The van der Waals surface area contributed by atoms with Crippen LogP contribution in [0.1, 0.15) is 19.2 Å². The average Bonchev–Trinajstić information content (AvgIpc) is 3.05. The van der Waals surface area contributed by atoms with Gasteiger partial charge >= 0.3 is 12.0 Å². The number of amides is 2. The van der Waals surface area contributed by atoms with Crippen molar-refractivity contribution < 1.29 is 14.7 Å². The molecule has 1 fully saturated rings. The smallest absolute Gasteiger partial charge is 0.327 e. The number of urea groups is 1. The predicted molar refractivity (Wildman–Crippen MR) is 73.0 cm³/mol. The molecule has 0 radical (unpaired) electrons. The van der Waals surface area contributed by atoms with Crippen LogP contribution < -0.4 is 0 Å². The number of carboxylic acids is 1. The Hall–Kier alpha value is -1.77. The van der Waals surface area contributed by atoms with Crippen LogP contribution >= 0.6 is 11.8 Å². The van der Waals surface area contributed by atoms with Crippen LogP contribution in [0.2, 0.25) is 0 Å². The van der Waals surface area contributed by atoms with Crippen LogP contribution in [0.3, 0.4) is 0 Å². The van der Waals surface area contributed by atoms with Gasteiger partial charge in [-0.1, -0.05) is 6.92 Å². The number of aromatic amines is 1. The van der Waals surface area contributed by atoms with Gasteiger partial charge in [0.2, 0.25) is 0 Å². The summed E-state index contributed by atoms with van der Waals surface area (Å²) in [5.74, 6) is 0.0258. The van der Waals surface area contributed by atoms with Crippen molar-refractivity contribution in [2.45, 2.75) is 31.3 Å². The summed E-state index contributed by atoms with van der Waals surface area (Å²) in [4.78, 5) is 30.6. The van der Waals surface area contributed by atoms with Crippen molar-refractivity contribution in [1.29, 1.82) is 0 Å². The molecule has 0 aromatic carbocycles. The first-order chi connectivity index (χ1) is 9.54. The lowest BCUT2D eigenvalue weighted by molar-refractivity contribution is -0.141. The fourth-order valence-electron chi connectivity index (χ4n) is 2.12. The highest BCUT2D eigenvalue weighted by atomic mass is 32.2. The minimum absolute atomic E-state index is 0.0965. The van der Waals surface area contributed by atoms with Crippen molar-refractivity contribution in [3.63, 3.8) is 0 Å². The van der Waals surface area contributed by atoms with Crippen molar-refractivity contribution in [1.82, 2.24) is 25.0 Å². The quantitative estimate of drug-likeness (QED) is 0.844. The lowest BCUT2D eigenvalue weighted by atomic mass is 10.2. The van der Waals surface area contributed by atoms with Crippen molar-refractivity contribution >= 4 is 23.8 Å². The van der Waals surface area contributed by atoms with Crippen molar-refractivity contribution in [2.75, 3.05) is 12.8 Å². The molecule has 110 valence electrons. The van der Waals surface area contributed by atoms with Gasteiger partial charge in [-0.05, 0) is 6.42 Å². The zero-order chi connectivity index (χ0) is 14.7. The van der Waals surface area contributed by atoms with Gasteiger partial charge in [0.05, 0.1) is 11.9 Å². The number of carbonyl (C=O) groups is 2. The molecule has 1 aromatic rings. The van der Waals surface area contributed by atoms with E-state index in [1.165, 1.54) is 27.9 Å². The van der Waals surface area contributed by atoms with E-state index < -0.39 is 12.0 Å². The molecule has 2 amide bonds. The molecule has 1 aliphatic heterocycles. The number of H-pyrrole nitrogens is 1. The average molecular weight is 299 g/mol.